The third-order valence-electron chi connectivity index (χ3n) is 3.49. The molecule has 2 rings (SSSR count). The average molecular weight is 420 g/mol. The quantitative estimate of drug-likeness (QED) is 0.679. The van der Waals surface area contributed by atoms with Gasteiger partial charge >= 0.3 is 0 Å². The fourth-order valence-electron chi connectivity index (χ4n) is 2.22. The molecule has 0 unspecified atom stereocenters. The number of sulfonamides is 1. The molecule has 0 amide bonds. The van der Waals surface area contributed by atoms with Crippen LogP contribution in [-0.2, 0) is 19.9 Å². The molecule has 0 spiro atoms. The van der Waals surface area contributed by atoms with Crippen molar-refractivity contribution < 1.29 is 16.8 Å². The van der Waals surface area contributed by atoms with Gasteiger partial charge in [0.05, 0.1) is 9.79 Å². The molecule has 24 heavy (non-hydrogen) atoms. The highest BCUT2D eigenvalue weighted by atomic mass is 35.5. The van der Waals surface area contributed by atoms with Gasteiger partial charge in [0.15, 0.2) is 9.84 Å². The molecule has 0 aromatic heterocycles. The molecule has 1 aliphatic rings. The Morgan fingerprint density at radius 3 is 2.00 bits per heavy atom. The van der Waals surface area contributed by atoms with Crippen molar-refractivity contribution in [1.82, 2.24) is 14.9 Å². The number of nitrogens with zero attached hydrogens (tertiary/aromatic N) is 1. The predicted molar refractivity (Wildman–Crippen MR) is 98.5 cm³/mol. The summed E-state index contributed by atoms with van der Waals surface area (Å²) in [5, 5.41) is 3.24. The van der Waals surface area contributed by atoms with Gasteiger partial charge in [0.2, 0.25) is 10.0 Å². The molecule has 1 aromatic rings. The maximum atomic E-state index is 12.1. The highest BCUT2D eigenvalue weighted by Gasteiger charge is 2.16. The lowest BCUT2D eigenvalue weighted by atomic mass is 10.3. The standard InChI is InChI=1S/C13H21N3O4S2.2ClH/c1-21(17,18)12-2-4-13(5-3-12)22(19,20)15-8-11-16-9-6-14-7-10-16;;/h2-5,14-15H,6-11H2,1H3;2*1H. The van der Waals surface area contributed by atoms with Crippen LogP contribution in [-0.4, -0.2) is 67.3 Å². The van der Waals surface area contributed by atoms with Gasteiger partial charge in [-0.15, -0.1) is 24.8 Å². The van der Waals surface area contributed by atoms with E-state index in [-0.39, 0.29) is 34.6 Å². The van der Waals surface area contributed by atoms with E-state index in [1.54, 1.807) is 0 Å². The predicted octanol–water partition coefficient (Wildman–Crippen LogP) is 0.117. The van der Waals surface area contributed by atoms with Gasteiger partial charge < -0.3 is 5.32 Å². The molecule has 0 radical (unpaired) electrons. The SMILES string of the molecule is CS(=O)(=O)c1ccc(S(=O)(=O)NCCN2CCNCC2)cc1.Cl.Cl. The number of piperazine rings is 1. The maximum Gasteiger partial charge on any atom is 0.240 e. The maximum absolute atomic E-state index is 12.1. The molecule has 1 heterocycles. The fraction of sp³-hybridized carbons (Fsp3) is 0.538. The second-order valence-electron chi connectivity index (χ2n) is 5.23. The van der Waals surface area contributed by atoms with Crippen LogP contribution in [0.1, 0.15) is 0 Å². The van der Waals surface area contributed by atoms with E-state index in [4.69, 9.17) is 0 Å². The molecule has 1 saturated heterocycles. The molecule has 1 fully saturated rings. The summed E-state index contributed by atoms with van der Waals surface area (Å²) in [5.74, 6) is 0. The van der Waals surface area contributed by atoms with Crippen molar-refractivity contribution in [3.63, 3.8) is 0 Å². The number of benzene rings is 1. The summed E-state index contributed by atoms with van der Waals surface area (Å²) in [6.45, 7) is 4.63. The Kier molecular flexibility index (Phi) is 9.73. The monoisotopic (exact) mass is 419 g/mol. The molecule has 0 aliphatic carbocycles. The van der Waals surface area contributed by atoms with Gasteiger partial charge in [-0.2, -0.15) is 0 Å². The molecule has 1 aromatic carbocycles. The lowest BCUT2D eigenvalue weighted by Crippen LogP contribution is -2.46. The van der Waals surface area contributed by atoms with Crippen LogP contribution in [0, 0.1) is 0 Å². The Balaban J connectivity index is 0.00000264. The van der Waals surface area contributed by atoms with Gasteiger partial charge in [-0.1, -0.05) is 0 Å². The van der Waals surface area contributed by atoms with Gasteiger partial charge in [0.1, 0.15) is 0 Å². The van der Waals surface area contributed by atoms with Crippen LogP contribution < -0.4 is 10.0 Å². The molecule has 2 N–H and O–H groups in total. The second kappa shape index (κ2) is 9.91. The van der Waals surface area contributed by atoms with Gasteiger partial charge in [-0.25, -0.2) is 21.6 Å². The zero-order valence-corrected chi connectivity index (χ0v) is 16.5. The van der Waals surface area contributed by atoms with Gasteiger partial charge in [0.25, 0.3) is 0 Å². The minimum absolute atomic E-state index is 0. The number of hydrogen-bond donors (Lipinski definition) is 2. The van der Waals surface area contributed by atoms with Gasteiger partial charge in [-0.05, 0) is 24.3 Å². The smallest absolute Gasteiger partial charge is 0.240 e. The number of nitrogens with one attached hydrogen (secondary N) is 2. The summed E-state index contributed by atoms with van der Waals surface area (Å²) in [4.78, 5) is 2.36. The van der Waals surface area contributed by atoms with Crippen LogP contribution in [0.5, 0.6) is 0 Å². The molecule has 140 valence electrons. The van der Waals surface area contributed by atoms with Crippen molar-refractivity contribution in [3.8, 4) is 0 Å². The highest BCUT2D eigenvalue weighted by molar-refractivity contribution is 7.90. The Labute approximate surface area is 156 Å². The summed E-state index contributed by atoms with van der Waals surface area (Å²) < 4.78 is 49.6. The third-order valence-corrected chi connectivity index (χ3v) is 6.10. The molecule has 7 nitrogen and oxygen atoms in total. The second-order valence-corrected chi connectivity index (χ2v) is 9.02. The van der Waals surface area contributed by atoms with Crippen molar-refractivity contribution in [3.05, 3.63) is 24.3 Å². The van der Waals surface area contributed by atoms with E-state index in [1.807, 2.05) is 0 Å². The van der Waals surface area contributed by atoms with Gasteiger partial charge in [-0.3, -0.25) is 4.90 Å². The zero-order valence-electron chi connectivity index (χ0n) is 13.3. The molecular formula is C13H23Cl2N3O4S2. The normalized spacial score (nSPS) is 16.0. The lowest BCUT2D eigenvalue weighted by Gasteiger charge is -2.27. The Morgan fingerprint density at radius 2 is 1.50 bits per heavy atom. The van der Waals surface area contributed by atoms with Crippen molar-refractivity contribution in [2.45, 2.75) is 9.79 Å². The molecule has 1 aliphatic heterocycles. The molecule has 0 bridgehead atoms. The first-order valence-electron chi connectivity index (χ1n) is 7.02. The number of halogens is 2. The summed E-state index contributed by atoms with van der Waals surface area (Å²) in [7, 11) is -6.93. The number of rotatable bonds is 6. The van der Waals surface area contributed by atoms with Crippen LogP contribution in [0.25, 0.3) is 0 Å². The molecule has 11 heteroatoms. The topological polar surface area (TPSA) is 95.6 Å². The molecule has 0 atom stereocenters. The summed E-state index contributed by atoms with van der Waals surface area (Å²) in [6.07, 6.45) is 1.09. The fourth-order valence-corrected chi connectivity index (χ4v) is 3.87. The summed E-state index contributed by atoms with van der Waals surface area (Å²) >= 11 is 0. The first-order chi connectivity index (χ1) is 10.3. The number of sulfone groups is 1. The van der Waals surface area contributed by atoms with E-state index >= 15 is 0 Å². The summed E-state index contributed by atoms with van der Waals surface area (Å²) in [5.41, 5.74) is 0. The third kappa shape index (κ3) is 6.83. The van der Waals surface area contributed by atoms with Crippen LogP contribution in [0.2, 0.25) is 0 Å². The van der Waals surface area contributed by atoms with Crippen molar-refractivity contribution in [2.75, 3.05) is 45.5 Å². The van der Waals surface area contributed by atoms with E-state index in [2.05, 4.69) is 14.9 Å². The van der Waals surface area contributed by atoms with Crippen molar-refractivity contribution >= 4 is 44.7 Å². The minimum atomic E-state index is -3.61. The van der Waals surface area contributed by atoms with Crippen LogP contribution in [0.15, 0.2) is 34.1 Å². The molecular weight excluding hydrogens is 397 g/mol. The van der Waals surface area contributed by atoms with Crippen LogP contribution in [0.3, 0.4) is 0 Å². The van der Waals surface area contributed by atoms with E-state index in [9.17, 15) is 16.8 Å². The molecule has 0 saturated carbocycles. The highest BCUT2D eigenvalue weighted by Crippen LogP contribution is 2.14. The number of hydrogen-bond acceptors (Lipinski definition) is 6. The minimum Gasteiger partial charge on any atom is -0.314 e. The van der Waals surface area contributed by atoms with Gasteiger partial charge in [0, 0.05) is 45.5 Å². The van der Waals surface area contributed by atoms with E-state index in [1.165, 1.54) is 24.3 Å². The average Bonchev–Trinajstić information content (AvgIpc) is 2.47. The Hall–Kier alpha value is -0.420. The van der Waals surface area contributed by atoms with E-state index < -0.39 is 19.9 Å². The van der Waals surface area contributed by atoms with Crippen molar-refractivity contribution in [1.29, 1.82) is 0 Å². The Morgan fingerprint density at radius 1 is 1.00 bits per heavy atom. The van der Waals surface area contributed by atoms with Crippen molar-refractivity contribution in [2.24, 2.45) is 0 Å². The zero-order chi connectivity index (χ0) is 16.2. The summed E-state index contributed by atoms with van der Waals surface area (Å²) in [6, 6.07) is 5.23. The van der Waals surface area contributed by atoms with Crippen LogP contribution in [0.4, 0.5) is 0 Å². The first kappa shape index (κ1) is 23.6. The van der Waals surface area contributed by atoms with Crippen LogP contribution >= 0.6 is 24.8 Å². The largest absolute Gasteiger partial charge is 0.314 e. The first-order valence-corrected chi connectivity index (χ1v) is 10.4. The Bertz CT molecular complexity index is 703. The van der Waals surface area contributed by atoms with E-state index in [0.717, 1.165) is 32.4 Å². The lowest BCUT2D eigenvalue weighted by molar-refractivity contribution is 0.245. The van der Waals surface area contributed by atoms with E-state index in [0.29, 0.717) is 13.1 Å².